The lowest BCUT2D eigenvalue weighted by atomic mass is 10.00. The zero-order valence-electron chi connectivity index (χ0n) is 20.7. The lowest BCUT2D eigenvalue weighted by molar-refractivity contribution is -0.141. The third-order valence-electron chi connectivity index (χ3n) is 6.39. The van der Waals surface area contributed by atoms with Crippen LogP contribution in [-0.2, 0) is 22.6 Å². The minimum Gasteiger partial charge on any atom is -0.497 e. The zero-order valence-corrected chi connectivity index (χ0v) is 20.7. The molecule has 3 aromatic carbocycles. The first-order valence-corrected chi connectivity index (χ1v) is 12.2. The first-order chi connectivity index (χ1) is 16.5. The average molecular weight is 461 g/mol. The molecule has 0 saturated carbocycles. The molecule has 0 spiro atoms. The van der Waals surface area contributed by atoms with Crippen molar-refractivity contribution in [2.75, 3.05) is 7.11 Å². The van der Waals surface area contributed by atoms with E-state index in [0.29, 0.717) is 25.8 Å². The molecule has 0 aromatic heterocycles. The number of methoxy groups -OCH3 is 1. The van der Waals surface area contributed by atoms with E-state index in [2.05, 4.69) is 29.6 Å². The van der Waals surface area contributed by atoms with Crippen LogP contribution in [0.15, 0.2) is 66.7 Å². The monoisotopic (exact) mass is 460 g/mol. The van der Waals surface area contributed by atoms with Gasteiger partial charge in [-0.3, -0.25) is 9.59 Å². The highest BCUT2D eigenvalue weighted by molar-refractivity contribution is 5.89. The number of ether oxygens (including phenoxy) is 1. The maximum atomic E-state index is 13.6. The fourth-order valence-electron chi connectivity index (χ4n) is 4.18. The van der Waals surface area contributed by atoms with Crippen LogP contribution in [-0.4, -0.2) is 35.9 Å². The van der Waals surface area contributed by atoms with Crippen molar-refractivity contribution in [2.24, 2.45) is 0 Å². The number of rotatable bonds is 11. The third kappa shape index (κ3) is 6.37. The van der Waals surface area contributed by atoms with Gasteiger partial charge in [0.25, 0.3) is 0 Å². The van der Waals surface area contributed by atoms with Crippen molar-refractivity contribution in [1.29, 1.82) is 0 Å². The number of hydrogen-bond donors (Lipinski definition) is 1. The van der Waals surface area contributed by atoms with Crippen LogP contribution in [0.3, 0.4) is 0 Å². The van der Waals surface area contributed by atoms with Gasteiger partial charge in [-0.25, -0.2) is 0 Å². The Morgan fingerprint density at radius 2 is 1.65 bits per heavy atom. The third-order valence-corrected chi connectivity index (χ3v) is 6.39. The summed E-state index contributed by atoms with van der Waals surface area (Å²) >= 11 is 0. The maximum Gasteiger partial charge on any atom is 0.243 e. The van der Waals surface area contributed by atoms with E-state index in [4.69, 9.17) is 4.74 Å². The Hall–Kier alpha value is -3.34. The first kappa shape index (κ1) is 25.3. The number of hydrogen-bond acceptors (Lipinski definition) is 3. The molecule has 34 heavy (non-hydrogen) atoms. The topological polar surface area (TPSA) is 58.6 Å². The molecular formula is C29H36N2O3. The Morgan fingerprint density at radius 3 is 2.32 bits per heavy atom. The van der Waals surface area contributed by atoms with Gasteiger partial charge in [0.05, 0.1) is 7.11 Å². The summed E-state index contributed by atoms with van der Waals surface area (Å²) < 4.78 is 5.26. The predicted octanol–water partition coefficient (Wildman–Crippen LogP) is 5.50. The predicted molar refractivity (Wildman–Crippen MR) is 138 cm³/mol. The molecule has 0 bridgehead atoms. The molecule has 0 aliphatic carbocycles. The largest absolute Gasteiger partial charge is 0.497 e. The second-order valence-electron chi connectivity index (χ2n) is 8.75. The van der Waals surface area contributed by atoms with Crippen LogP contribution in [0.25, 0.3) is 10.8 Å². The molecule has 2 unspecified atom stereocenters. The second-order valence-corrected chi connectivity index (χ2v) is 8.75. The van der Waals surface area contributed by atoms with Gasteiger partial charge in [0.15, 0.2) is 0 Å². The van der Waals surface area contributed by atoms with Gasteiger partial charge in [0.1, 0.15) is 11.8 Å². The van der Waals surface area contributed by atoms with E-state index in [0.717, 1.165) is 23.3 Å². The van der Waals surface area contributed by atoms with Crippen molar-refractivity contribution in [3.63, 3.8) is 0 Å². The quantitative estimate of drug-likeness (QED) is 0.411. The summed E-state index contributed by atoms with van der Waals surface area (Å²) in [5, 5.41) is 5.40. The first-order valence-electron chi connectivity index (χ1n) is 12.2. The zero-order chi connectivity index (χ0) is 24.5. The van der Waals surface area contributed by atoms with Crippen LogP contribution in [0.4, 0.5) is 0 Å². The van der Waals surface area contributed by atoms with E-state index in [-0.39, 0.29) is 17.9 Å². The molecule has 0 heterocycles. The fraction of sp³-hybridized carbons (Fsp3) is 0.379. The van der Waals surface area contributed by atoms with Gasteiger partial charge >= 0.3 is 0 Å². The lowest BCUT2D eigenvalue weighted by Crippen LogP contribution is -2.50. The highest BCUT2D eigenvalue weighted by Gasteiger charge is 2.29. The summed E-state index contributed by atoms with van der Waals surface area (Å²) in [6.45, 7) is 6.36. The van der Waals surface area contributed by atoms with Crippen LogP contribution >= 0.6 is 0 Å². The normalized spacial score (nSPS) is 12.7. The number of nitrogens with one attached hydrogen (secondary N) is 1. The van der Waals surface area contributed by atoms with Crippen molar-refractivity contribution in [3.05, 3.63) is 77.9 Å². The van der Waals surface area contributed by atoms with Crippen molar-refractivity contribution in [2.45, 2.75) is 65.1 Å². The summed E-state index contributed by atoms with van der Waals surface area (Å²) in [5.74, 6) is 0.651. The van der Waals surface area contributed by atoms with Crippen molar-refractivity contribution in [3.8, 4) is 5.75 Å². The van der Waals surface area contributed by atoms with E-state index in [1.807, 2.05) is 63.2 Å². The molecular weight excluding hydrogens is 424 g/mol. The van der Waals surface area contributed by atoms with Gasteiger partial charge in [-0.2, -0.15) is 0 Å². The van der Waals surface area contributed by atoms with Gasteiger partial charge in [-0.1, -0.05) is 68.4 Å². The molecule has 2 amide bonds. The smallest absolute Gasteiger partial charge is 0.243 e. The number of benzene rings is 3. The Kier molecular flexibility index (Phi) is 9.08. The van der Waals surface area contributed by atoms with E-state index < -0.39 is 6.04 Å². The lowest BCUT2D eigenvalue weighted by Gasteiger charge is -2.31. The number of amides is 2. The summed E-state index contributed by atoms with van der Waals surface area (Å²) in [4.78, 5) is 28.4. The van der Waals surface area contributed by atoms with E-state index in [9.17, 15) is 9.59 Å². The second kappa shape index (κ2) is 12.2. The summed E-state index contributed by atoms with van der Waals surface area (Å²) in [5.41, 5.74) is 2.11. The molecule has 0 radical (unpaired) electrons. The molecule has 0 aliphatic rings. The van der Waals surface area contributed by atoms with Crippen LogP contribution in [0.1, 0.15) is 51.2 Å². The highest BCUT2D eigenvalue weighted by Crippen LogP contribution is 2.22. The van der Waals surface area contributed by atoms with Gasteiger partial charge in [0.2, 0.25) is 11.8 Å². The summed E-state index contributed by atoms with van der Waals surface area (Å²) in [6, 6.07) is 21.6. The number of nitrogens with zero attached hydrogens (tertiary/aromatic N) is 1. The number of carbonyl (C=O) groups is 2. The minimum atomic E-state index is -0.517. The molecule has 1 N–H and O–H groups in total. The standard InChI is InChI=1S/C29H36N2O3/c1-5-21(3)30-29(33)27(6-2)31(20-22-14-17-25(34-4)18-15-22)28(32)19-16-24-12-9-11-23-10-7-8-13-26(23)24/h7-15,17-18,21,27H,5-6,16,19-20H2,1-4H3,(H,30,33). The van der Waals surface area contributed by atoms with Crippen LogP contribution in [0, 0.1) is 0 Å². The average Bonchev–Trinajstić information content (AvgIpc) is 2.87. The number of carbonyl (C=O) groups excluding carboxylic acids is 2. The minimum absolute atomic E-state index is 0.0186. The Bertz CT molecular complexity index is 1090. The molecule has 0 fully saturated rings. The van der Waals surface area contributed by atoms with Crippen molar-refractivity contribution < 1.29 is 14.3 Å². The summed E-state index contributed by atoms with van der Waals surface area (Å²) in [6.07, 6.45) is 2.37. The molecule has 2 atom stereocenters. The number of fused-ring (bicyclic) bond motifs is 1. The van der Waals surface area contributed by atoms with Crippen molar-refractivity contribution >= 4 is 22.6 Å². The molecule has 3 rings (SSSR count). The van der Waals surface area contributed by atoms with Gasteiger partial charge in [0, 0.05) is 19.0 Å². The van der Waals surface area contributed by atoms with Gasteiger partial charge < -0.3 is 15.0 Å². The van der Waals surface area contributed by atoms with E-state index >= 15 is 0 Å². The van der Waals surface area contributed by atoms with Crippen molar-refractivity contribution in [1.82, 2.24) is 10.2 Å². The molecule has 5 heteroatoms. The SMILES string of the molecule is CCC(C)NC(=O)C(CC)N(Cc1ccc(OC)cc1)C(=O)CCc1cccc2ccccc12. The van der Waals surface area contributed by atoms with Crippen LogP contribution in [0.2, 0.25) is 0 Å². The summed E-state index contributed by atoms with van der Waals surface area (Å²) in [7, 11) is 1.63. The molecule has 5 nitrogen and oxygen atoms in total. The van der Waals surface area contributed by atoms with Crippen LogP contribution in [0.5, 0.6) is 5.75 Å². The number of aryl methyl sites for hydroxylation is 1. The van der Waals surface area contributed by atoms with Gasteiger partial charge in [-0.15, -0.1) is 0 Å². The van der Waals surface area contributed by atoms with E-state index in [1.165, 1.54) is 10.8 Å². The Balaban J connectivity index is 1.82. The highest BCUT2D eigenvalue weighted by atomic mass is 16.5. The molecule has 0 aliphatic heterocycles. The van der Waals surface area contributed by atoms with Crippen LogP contribution < -0.4 is 10.1 Å². The van der Waals surface area contributed by atoms with Gasteiger partial charge in [-0.05, 0) is 60.2 Å². The molecule has 0 saturated heterocycles. The Labute approximate surface area is 203 Å². The molecule has 3 aromatic rings. The maximum absolute atomic E-state index is 13.6. The molecule has 180 valence electrons. The fourth-order valence-corrected chi connectivity index (χ4v) is 4.18. The van der Waals surface area contributed by atoms with E-state index in [1.54, 1.807) is 12.0 Å². The Morgan fingerprint density at radius 1 is 0.941 bits per heavy atom.